The summed E-state index contributed by atoms with van der Waals surface area (Å²) < 4.78 is 5.12. The number of carbonyl (C=O) groups excluding carboxylic acids is 2. The maximum Gasteiger partial charge on any atom is 0.249 e. The van der Waals surface area contributed by atoms with Crippen LogP contribution in [0, 0.1) is 0 Å². The van der Waals surface area contributed by atoms with E-state index in [2.05, 4.69) is 10.6 Å². The number of ether oxygens (including phenoxy) is 1. The van der Waals surface area contributed by atoms with E-state index in [1.165, 1.54) is 0 Å². The molecule has 0 spiro atoms. The molecular formula is C11H19N3O3. The topological polar surface area (TPSA) is 70.7 Å². The molecule has 2 heterocycles. The van der Waals surface area contributed by atoms with Gasteiger partial charge in [0, 0.05) is 13.6 Å². The van der Waals surface area contributed by atoms with Crippen LogP contribution in [0.15, 0.2) is 0 Å². The third kappa shape index (κ3) is 2.14. The highest BCUT2D eigenvalue weighted by Gasteiger charge is 2.47. The van der Waals surface area contributed by atoms with E-state index in [-0.39, 0.29) is 18.4 Å². The summed E-state index contributed by atoms with van der Waals surface area (Å²) in [6, 6.07) is 0. The van der Waals surface area contributed by atoms with Gasteiger partial charge >= 0.3 is 0 Å². The molecule has 0 aromatic heterocycles. The van der Waals surface area contributed by atoms with Gasteiger partial charge in [-0.25, -0.2) is 0 Å². The van der Waals surface area contributed by atoms with Crippen LogP contribution in [0.2, 0.25) is 0 Å². The smallest absolute Gasteiger partial charge is 0.249 e. The molecule has 2 N–H and O–H groups in total. The lowest BCUT2D eigenvalue weighted by atomic mass is 9.85. The predicted molar refractivity (Wildman–Crippen MR) is 61.4 cm³/mol. The molecule has 96 valence electrons. The summed E-state index contributed by atoms with van der Waals surface area (Å²) in [6.07, 6.45) is 1.33. The van der Waals surface area contributed by atoms with Gasteiger partial charge in [0.1, 0.15) is 12.1 Å². The first-order valence-corrected chi connectivity index (χ1v) is 6.02. The lowest BCUT2D eigenvalue weighted by molar-refractivity contribution is -0.160. The van der Waals surface area contributed by atoms with E-state index in [0.29, 0.717) is 26.0 Å². The van der Waals surface area contributed by atoms with Crippen LogP contribution in [-0.2, 0) is 14.3 Å². The quantitative estimate of drug-likeness (QED) is 0.631. The molecule has 0 aromatic rings. The van der Waals surface area contributed by atoms with Crippen molar-refractivity contribution in [3.8, 4) is 0 Å². The summed E-state index contributed by atoms with van der Waals surface area (Å²) in [7, 11) is 1.62. The van der Waals surface area contributed by atoms with Crippen molar-refractivity contribution in [2.45, 2.75) is 18.4 Å². The number of nitrogens with zero attached hydrogens (tertiary/aromatic N) is 1. The molecule has 0 aromatic carbocycles. The van der Waals surface area contributed by atoms with Crippen molar-refractivity contribution >= 4 is 11.8 Å². The number of morpholine rings is 1. The lowest BCUT2D eigenvalue weighted by Crippen LogP contribution is -2.66. The molecule has 0 bridgehead atoms. The second-order valence-electron chi connectivity index (χ2n) is 4.46. The van der Waals surface area contributed by atoms with Crippen LogP contribution in [0.3, 0.4) is 0 Å². The highest BCUT2D eigenvalue weighted by molar-refractivity contribution is 5.92. The first-order chi connectivity index (χ1) is 8.20. The van der Waals surface area contributed by atoms with E-state index in [4.69, 9.17) is 4.74 Å². The number of likely N-dealkylation sites (N-methyl/N-ethyl adjacent to an activating group) is 1. The van der Waals surface area contributed by atoms with E-state index in [9.17, 15) is 9.59 Å². The Morgan fingerprint density at radius 2 is 2.18 bits per heavy atom. The summed E-state index contributed by atoms with van der Waals surface area (Å²) in [5, 5.41) is 5.92. The fourth-order valence-electron chi connectivity index (χ4n) is 2.66. The van der Waals surface area contributed by atoms with Crippen molar-refractivity contribution in [1.82, 2.24) is 15.5 Å². The van der Waals surface area contributed by atoms with Crippen molar-refractivity contribution in [1.29, 1.82) is 0 Å². The van der Waals surface area contributed by atoms with Crippen molar-refractivity contribution in [3.63, 3.8) is 0 Å². The average Bonchev–Trinajstić information content (AvgIpc) is 2.39. The number of hydrogen-bond donors (Lipinski definition) is 2. The fraction of sp³-hybridized carbons (Fsp3) is 0.818. The molecule has 2 amide bonds. The Hall–Kier alpha value is -1.14. The van der Waals surface area contributed by atoms with Crippen molar-refractivity contribution in [2.75, 3.05) is 39.9 Å². The number of amides is 2. The largest absolute Gasteiger partial charge is 0.370 e. The maximum atomic E-state index is 12.2. The molecule has 0 unspecified atom stereocenters. The lowest BCUT2D eigenvalue weighted by Gasteiger charge is -2.46. The van der Waals surface area contributed by atoms with E-state index in [0.717, 1.165) is 13.1 Å². The Balaban J connectivity index is 2.24. The highest BCUT2D eigenvalue weighted by Crippen LogP contribution is 2.28. The van der Waals surface area contributed by atoms with Crippen molar-refractivity contribution in [2.24, 2.45) is 0 Å². The van der Waals surface area contributed by atoms with Gasteiger partial charge in [0.05, 0.1) is 6.61 Å². The molecule has 2 aliphatic heterocycles. The minimum atomic E-state index is -0.680. The fourth-order valence-corrected chi connectivity index (χ4v) is 2.66. The zero-order valence-corrected chi connectivity index (χ0v) is 10.1. The molecule has 2 fully saturated rings. The Kier molecular flexibility index (Phi) is 3.63. The third-order valence-corrected chi connectivity index (χ3v) is 3.58. The number of rotatable bonds is 2. The van der Waals surface area contributed by atoms with Gasteiger partial charge in [0.25, 0.3) is 0 Å². The van der Waals surface area contributed by atoms with E-state index in [1.807, 2.05) is 0 Å². The second-order valence-corrected chi connectivity index (χ2v) is 4.46. The van der Waals surface area contributed by atoms with Gasteiger partial charge in [-0.2, -0.15) is 0 Å². The summed E-state index contributed by atoms with van der Waals surface area (Å²) in [4.78, 5) is 25.8. The molecule has 6 nitrogen and oxygen atoms in total. The molecule has 2 saturated heterocycles. The summed E-state index contributed by atoms with van der Waals surface area (Å²) in [6.45, 7) is 2.63. The minimum absolute atomic E-state index is 0.0609. The van der Waals surface area contributed by atoms with Crippen molar-refractivity contribution in [3.05, 3.63) is 0 Å². The van der Waals surface area contributed by atoms with Crippen LogP contribution in [0.25, 0.3) is 0 Å². The minimum Gasteiger partial charge on any atom is -0.370 e. The summed E-state index contributed by atoms with van der Waals surface area (Å²) in [5.41, 5.74) is -0.680. The van der Waals surface area contributed by atoms with Gasteiger partial charge < -0.3 is 20.3 Å². The maximum absolute atomic E-state index is 12.2. The Bertz CT molecular complexity index is 313. The Morgan fingerprint density at radius 1 is 1.47 bits per heavy atom. The normalized spacial score (nSPS) is 24.5. The monoisotopic (exact) mass is 241 g/mol. The summed E-state index contributed by atoms with van der Waals surface area (Å²) in [5.74, 6) is -0.143. The third-order valence-electron chi connectivity index (χ3n) is 3.58. The van der Waals surface area contributed by atoms with Gasteiger partial charge in [-0.3, -0.25) is 9.59 Å². The Labute approximate surface area is 101 Å². The van der Waals surface area contributed by atoms with Gasteiger partial charge in [-0.1, -0.05) is 0 Å². The number of hydrogen-bond acceptors (Lipinski definition) is 4. The molecule has 17 heavy (non-hydrogen) atoms. The van der Waals surface area contributed by atoms with Gasteiger partial charge in [-0.15, -0.1) is 0 Å². The predicted octanol–water partition coefficient (Wildman–Crippen LogP) is -1.29. The number of piperidine rings is 1. The molecule has 2 rings (SSSR count). The van der Waals surface area contributed by atoms with Gasteiger partial charge in [0.15, 0.2) is 0 Å². The van der Waals surface area contributed by atoms with Gasteiger partial charge in [0.2, 0.25) is 11.8 Å². The molecule has 0 aliphatic carbocycles. The molecule has 6 heteroatoms. The highest BCUT2D eigenvalue weighted by atomic mass is 16.5. The van der Waals surface area contributed by atoms with E-state index in [1.54, 1.807) is 11.9 Å². The zero-order chi connectivity index (χ0) is 12.3. The molecule has 0 atom stereocenters. The number of nitrogens with one attached hydrogen (secondary N) is 2. The average molecular weight is 241 g/mol. The van der Waals surface area contributed by atoms with Gasteiger partial charge in [-0.05, 0) is 25.9 Å². The molecule has 0 radical (unpaired) electrons. The first kappa shape index (κ1) is 12.3. The van der Waals surface area contributed by atoms with Crippen LogP contribution < -0.4 is 10.6 Å². The van der Waals surface area contributed by atoms with Crippen molar-refractivity contribution < 1.29 is 14.3 Å². The summed E-state index contributed by atoms with van der Waals surface area (Å²) >= 11 is 0. The second kappa shape index (κ2) is 5.01. The molecule has 2 aliphatic rings. The first-order valence-electron chi connectivity index (χ1n) is 6.02. The van der Waals surface area contributed by atoms with Crippen LogP contribution in [0.4, 0.5) is 0 Å². The van der Waals surface area contributed by atoms with Crippen LogP contribution in [0.1, 0.15) is 12.8 Å². The molecular weight excluding hydrogens is 222 g/mol. The van der Waals surface area contributed by atoms with E-state index >= 15 is 0 Å². The molecule has 0 saturated carbocycles. The van der Waals surface area contributed by atoms with Crippen LogP contribution in [-0.4, -0.2) is 62.1 Å². The van der Waals surface area contributed by atoms with Crippen LogP contribution in [0.5, 0.6) is 0 Å². The van der Waals surface area contributed by atoms with E-state index < -0.39 is 5.54 Å². The van der Waals surface area contributed by atoms with Crippen LogP contribution >= 0.6 is 0 Å². The standard InChI is InChI=1S/C11H19N3O3/c1-12-10(16)11(2-4-13-5-3-11)14-6-7-17-8-9(14)15/h13H,2-8H2,1H3,(H,12,16). The SMILES string of the molecule is CNC(=O)C1(N2CCOCC2=O)CCNCC1. The zero-order valence-electron chi connectivity index (χ0n) is 10.1. The number of carbonyl (C=O) groups is 2. The Morgan fingerprint density at radius 3 is 2.76 bits per heavy atom.